The number of nitrogens with one attached hydrogen (secondary N) is 3. The van der Waals surface area contributed by atoms with Crippen molar-refractivity contribution in [2.75, 3.05) is 16.8 Å². The van der Waals surface area contributed by atoms with Crippen molar-refractivity contribution in [2.45, 2.75) is 82.5 Å². The molecule has 5 aromatic rings. The first kappa shape index (κ1) is 38.2. The van der Waals surface area contributed by atoms with Crippen LogP contribution in [-0.4, -0.2) is 57.0 Å². The third-order valence-electron chi connectivity index (χ3n) is 10.3. The molecule has 0 spiro atoms. The van der Waals surface area contributed by atoms with Gasteiger partial charge in [-0.2, -0.15) is 0 Å². The molecule has 1 aliphatic carbocycles. The summed E-state index contributed by atoms with van der Waals surface area (Å²) in [5.41, 5.74) is 11.9. The number of phenols is 1. The molecule has 6 rings (SSSR count). The van der Waals surface area contributed by atoms with Crippen LogP contribution >= 0.6 is 0 Å². The summed E-state index contributed by atoms with van der Waals surface area (Å²) in [5.74, 6) is -0.144. The molecule has 8 N–H and O–H groups in total. The van der Waals surface area contributed by atoms with Gasteiger partial charge < -0.3 is 36.7 Å². The molecular weight excluding hydrogens is 683 g/mol. The van der Waals surface area contributed by atoms with Crippen molar-refractivity contribution in [1.82, 2.24) is 10.3 Å². The van der Waals surface area contributed by atoms with Crippen LogP contribution in [0.1, 0.15) is 68.2 Å². The number of hydrogen-bond donors (Lipinski definition) is 7. The van der Waals surface area contributed by atoms with Gasteiger partial charge in [0.1, 0.15) is 5.75 Å². The normalized spacial score (nSPS) is 16.8. The highest BCUT2D eigenvalue weighted by Gasteiger charge is 2.30. The number of aryl methyl sites for hydroxylation is 1. The predicted octanol–water partition coefficient (Wildman–Crippen LogP) is 6.87. The number of carbonyl (C=O) groups excluding carboxylic acids is 1. The molecular formula is C43H49N5O6. The summed E-state index contributed by atoms with van der Waals surface area (Å²) in [6, 6.07) is 29.6. The van der Waals surface area contributed by atoms with E-state index in [0.717, 1.165) is 47.9 Å². The molecule has 282 valence electrons. The lowest BCUT2D eigenvalue weighted by atomic mass is 9.89. The second kappa shape index (κ2) is 17.6. The number of carbonyl (C=O) groups is 2. The number of fused-ring (bicyclic) bond motifs is 1. The van der Waals surface area contributed by atoms with E-state index in [4.69, 9.17) is 5.73 Å². The fourth-order valence-corrected chi connectivity index (χ4v) is 7.41. The summed E-state index contributed by atoms with van der Waals surface area (Å²) in [7, 11) is 0. The van der Waals surface area contributed by atoms with Crippen LogP contribution in [0, 0.1) is 0 Å². The van der Waals surface area contributed by atoms with Gasteiger partial charge >= 0.3 is 6.09 Å². The second-order valence-corrected chi connectivity index (χ2v) is 14.4. The number of aliphatic hydroxyl groups is 1. The molecule has 1 saturated carbocycles. The van der Waals surface area contributed by atoms with Crippen LogP contribution in [0.4, 0.5) is 16.2 Å². The maximum Gasteiger partial charge on any atom is 0.412 e. The number of phenolic OH excluding ortho intramolecular Hbond substituents is 1. The van der Waals surface area contributed by atoms with Gasteiger partial charge in [-0.1, -0.05) is 60.7 Å². The highest BCUT2D eigenvalue weighted by atomic mass is 16.4. The zero-order chi connectivity index (χ0) is 38.2. The zero-order valence-corrected chi connectivity index (χ0v) is 30.5. The second-order valence-electron chi connectivity index (χ2n) is 14.4. The van der Waals surface area contributed by atoms with Crippen LogP contribution in [0.5, 0.6) is 5.75 Å². The van der Waals surface area contributed by atoms with Crippen molar-refractivity contribution in [3.63, 3.8) is 0 Å². The van der Waals surface area contributed by atoms with Crippen LogP contribution in [0.15, 0.2) is 102 Å². The Hall–Kier alpha value is -5.49. The highest BCUT2D eigenvalue weighted by Crippen LogP contribution is 2.36. The molecule has 2 atom stereocenters. The number of anilines is 2. The smallest absolute Gasteiger partial charge is 0.412 e. The van der Waals surface area contributed by atoms with E-state index < -0.39 is 12.2 Å². The number of nitrogens with zero attached hydrogens (tertiary/aromatic N) is 1. The summed E-state index contributed by atoms with van der Waals surface area (Å²) in [6.07, 6.45) is 3.44. The standard InChI is InChI=1S/C43H49N5O6/c1-27(45-26-39(50)35-20-22-38(49)42-36(35)21-23-41(52)47-42)24-29-10-15-32(16-11-29)46-40(51)9-5-6-28-12-19-34(30-7-3-2-4-8-30)37(25-28)48(43(53)54)33-17-13-31(44)14-18-33/h2-4,7-8,10-12,15-16,19-23,25,27,31,33,39,45,49-50H,5-6,9,13-14,17-18,24,26,44H2,1H3,(H,46,51)(H,47,52)(H,53,54)/t27?,31-,33-,39?. The number of benzene rings is 4. The Bertz CT molecular complexity index is 2110. The number of aromatic amines is 1. The highest BCUT2D eigenvalue weighted by molar-refractivity contribution is 5.94. The Morgan fingerprint density at radius 2 is 1.65 bits per heavy atom. The molecule has 1 fully saturated rings. The minimum atomic E-state index is -0.973. The molecule has 0 aliphatic heterocycles. The molecule has 1 aromatic heterocycles. The summed E-state index contributed by atoms with van der Waals surface area (Å²) >= 11 is 0. The number of aliphatic hydroxyl groups excluding tert-OH is 1. The van der Waals surface area contributed by atoms with Crippen molar-refractivity contribution in [3.8, 4) is 16.9 Å². The molecule has 54 heavy (non-hydrogen) atoms. The molecule has 0 radical (unpaired) electrons. The lowest BCUT2D eigenvalue weighted by molar-refractivity contribution is -0.116. The number of H-pyrrole nitrogens is 1. The van der Waals surface area contributed by atoms with Gasteiger partial charge in [0.15, 0.2) is 0 Å². The Morgan fingerprint density at radius 3 is 2.37 bits per heavy atom. The van der Waals surface area contributed by atoms with Gasteiger partial charge in [-0.15, -0.1) is 0 Å². The summed E-state index contributed by atoms with van der Waals surface area (Å²) in [6.45, 7) is 2.30. The van der Waals surface area contributed by atoms with E-state index in [1.165, 1.54) is 17.0 Å². The van der Waals surface area contributed by atoms with Crippen molar-refractivity contribution in [3.05, 3.63) is 124 Å². The van der Waals surface area contributed by atoms with Crippen LogP contribution in [0.3, 0.4) is 0 Å². The van der Waals surface area contributed by atoms with Crippen LogP contribution in [0.25, 0.3) is 22.0 Å². The van der Waals surface area contributed by atoms with E-state index in [1.807, 2.05) is 79.7 Å². The molecule has 11 heteroatoms. The third kappa shape index (κ3) is 9.54. The fourth-order valence-electron chi connectivity index (χ4n) is 7.41. The minimum absolute atomic E-state index is 0.0362. The predicted molar refractivity (Wildman–Crippen MR) is 213 cm³/mol. The van der Waals surface area contributed by atoms with E-state index in [1.54, 1.807) is 12.1 Å². The van der Waals surface area contributed by atoms with Crippen LogP contribution < -0.4 is 26.8 Å². The van der Waals surface area contributed by atoms with Crippen molar-refractivity contribution in [2.24, 2.45) is 5.73 Å². The number of aromatic hydroxyl groups is 1. The first-order chi connectivity index (χ1) is 26.0. The van der Waals surface area contributed by atoms with Gasteiger partial charge in [-0.3, -0.25) is 14.5 Å². The maximum absolute atomic E-state index is 12.9. The topological polar surface area (TPSA) is 181 Å². The number of aromatic nitrogens is 1. The number of amides is 2. The van der Waals surface area contributed by atoms with Gasteiger partial charge in [0.2, 0.25) is 11.5 Å². The minimum Gasteiger partial charge on any atom is -0.506 e. The average Bonchev–Trinajstić information content (AvgIpc) is 3.16. The fraction of sp³-hybridized carbons (Fsp3) is 0.326. The number of carboxylic acid groups (broad SMARTS) is 1. The Labute approximate surface area is 314 Å². The van der Waals surface area contributed by atoms with E-state index in [0.29, 0.717) is 53.5 Å². The van der Waals surface area contributed by atoms with E-state index in [-0.39, 0.29) is 41.9 Å². The van der Waals surface area contributed by atoms with E-state index >= 15 is 0 Å². The molecule has 2 unspecified atom stereocenters. The first-order valence-electron chi connectivity index (χ1n) is 18.7. The van der Waals surface area contributed by atoms with Crippen molar-refractivity contribution >= 4 is 34.3 Å². The maximum atomic E-state index is 12.9. The molecule has 0 bridgehead atoms. The van der Waals surface area contributed by atoms with E-state index in [2.05, 4.69) is 15.6 Å². The molecule has 1 heterocycles. The Kier molecular flexibility index (Phi) is 12.4. The molecule has 1 aliphatic rings. The van der Waals surface area contributed by atoms with E-state index in [9.17, 15) is 29.7 Å². The molecule has 2 amide bonds. The number of rotatable bonds is 14. The first-order valence-corrected chi connectivity index (χ1v) is 18.7. The number of hydrogen-bond acceptors (Lipinski definition) is 7. The largest absolute Gasteiger partial charge is 0.506 e. The lowest BCUT2D eigenvalue weighted by Gasteiger charge is -2.35. The average molecular weight is 732 g/mol. The summed E-state index contributed by atoms with van der Waals surface area (Å²) < 4.78 is 0. The monoisotopic (exact) mass is 731 g/mol. The van der Waals surface area contributed by atoms with Crippen LogP contribution in [0.2, 0.25) is 0 Å². The SMILES string of the molecule is CC(Cc1ccc(NC(=O)CCCc2ccc(-c3ccccc3)c(N(C(=O)O)[C@H]3CC[C@H](N)CC3)c2)cc1)NCC(O)c1ccc(O)c2[nH]c(=O)ccc12. The van der Waals surface area contributed by atoms with Gasteiger partial charge in [0.05, 0.1) is 17.3 Å². The summed E-state index contributed by atoms with van der Waals surface area (Å²) in [4.78, 5) is 41.5. The van der Waals surface area contributed by atoms with Gasteiger partial charge in [-0.25, -0.2) is 4.79 Å². The van der Waals surface area contributed by atoms with Gasteiger partial charge in [-0.05, 0) is 104 Å². The van der Waals surface area contributed by atoms with Crippen LogP contribution in [-0.2, 0) is 17.6 Å². The quantitative estimate of drug-likeness (QED) is 0.0646. The Balaban J connectivity index is 1.01. The Morgan fingerprint density at radius 1 is 0.926 bits per heavy atom. The molecule has 11 nitrogen and oxygen atoms in total. The lowest BCUT2D eigenvalue weighted by Crippen LogP contribution is -2.44. The summed E-state index contributed by atoms with van der Waals surface area (Å²) in [5, 5.41) is 38.4. The molecule has 4 aromatic carbocycles. The molecule has 0 saturated heterocycles. The van der Waals surface area contributed by atoms with Crippen molar-refractivity contribution in [1.29, 1.82) is 0 Å². The third-order valence-corrected chi connectivity index (χ3v) is 10.3. The van der Waals surface area contributed by atoms with Gasteiger partial charge in [0.25, 0.3) is 0 Å². The van der Waals surface area contributed by atoms with Gasteiger partial charge in [0, 0.05) is 53.8 Å². The number of pyridine rings is 1. The number of nitrogens with two attached hydrogens (primary N) is 1. The van der Waals surface area contributed by atoms with Crippen molar-refractivity contribution < 1.29 is 24.9 Å². The zero-order valence-electron chi connectivity index (χ0n) is 30.5.